The van der Waals surface area contributed by atoms with Gasteiger partial charge in [0, 0.05) is 10.5 Å². The molecule has 2 nitrogen and oxygen atoms in total. The molecule has 1 aromatic carbocycles. The molecule has 0 heterocycles. The van der Waals surface area contributed by atoms with Crippen molar-refractivity contribution >= 4 is 15.9 Å². The topological polar surface area (TPSA) is 21.3 Å². The van der Waals surface area contributed by atoms with Gasteiger partial charge in [0.1, 0.15) is 5.75 Å². The maximum atomic E-state index is 5.60. The number of hydrogen-bond acceptors (Lipinski definition) is 2. The molecule has 0 aromatic heterocycles. The van der Waals surface area contributed by atoms with Crippen LogP contribution >= 0.6 is 15.9 Å². The normalized spacial score (nSPS) is 28.8. The smallest absolute Gasteiger partial charge is 0.120 e. The van der Waals surface area contributed by atoms with E-state index in [0.717, 1.165) is 36.7 Å². The molecule has 0 spiro atoms. The summed E-state index contributed by atoms with van der Waals surface area (Å²) in [5.41, 5.74) is 1.40. The van der Waals surface area contributed by atoms with E-state index >= 15 is 0 Å². The van der Waals surface area contributed by atoms with Crippen LogP contribution in [0.5, 0.6) is 5.75 Å². The van der Waals surface area contributed by atoms with Crippen LogP contribution in [0.1, 0.15) is 51.1 Å². The molecule has 21 heavy (non-hydrogen) atoms. The number of ether oxygens (including phenoxy) is 1. The Kier molecular flexibility index (Phi) is 4.90. The van der Waals surface area contributed by atoms with Gasteiger partial charge in [-0.3, -0.25) is 0 Å². The zero-order valence-corrected chi connectivity index (χ0v) is 14.7. The van der Waals surface area contributed by atoms with E-state index in [-0.39, 0.29) is 0 Å². The van der Waals surface area contributed by atoms with E-state index in [1.807, 2.05) is 6.92 Å². The van der Waals surface area contributed by atoms with Gasteiger partial charge < -0.3 is 10.1 Å². The predicted octanol–water partition coefficient (Wildman–Crippen LogP) is 4.93. The summed E-state index contributed by atoms with van der Waals surface area (Å²) in [5.74, 6) is 3.71. The van der Waals surface area contributed by atoms with Gasteiger partial charge in [-0.15, -0.1) is 0 Å². The molecule has 2 fully saturated rings. The van der Waals surface area contributed by atoms with E-state index in [9.17, 15) is 0 Å². The first-order valence-corrected chi connectivity index (χ1v) is 9.21. The third-order valence-corrected chi connectivity index (χ3v) is 5.84. The number of halogens is 1. The van der Waals surface area contributed by atoms with Crippen LogP contribution in [0.2, 0.25) is 0 Å². The average Bonchev–Trinajstić information content (AvgIpc) is 3.20. The SMILES string of the molecule is CCNC(c1ccc(OCC)cc1Br)C1C2CCCCC21. The molecule has 0 aliphatic heterocycles. The van der Waals surface area contributed by atoms with E-state index in [1.165, 1.54) is 35.7 Å². The summed E-state index contributed by atoms with van der Waals surface area (Å²) in [6.45, 7) is 5.98. The van der Waals surface area contributed by atoms with Gasteiger partial charge in [-0.1, -0.05) is 41.8 Å². The van der Waals surface area contributed by atoms with Gasteiger partial charge in [-0.05, 0) is 61.8 Å². The molecule has 0 radical (unpaired) electrons. The van der Waals surface area contributed by atoms with Crippen molar-refractivity contribution in [2.24, 2.45) is 17.8 Å². The second kappa shape index (κ2) is 6.70. The van der Waals surface area contributed by atoms with Crippen molar-refractivity contribution < 1.29 is 4.74 Å². The lowest BCUT2D eigenvalue weighted by Crippen LogP contribution is -2.24. The van der Waals surface area contributed by atoms with Crippen molar-refractivity contribution in [3.05, 3.63) is 28.2 Å². The monoisotopic (exact) mass is 351 g/mol. The van der Waals surface area contributed by atoms with Gasteiger partial charge in [0.15, 0.2) is 0 Å². The van der Waals surface area contributed by atoms with E-state index in [4.69, 9.17) is 4.74 Å². The summed E-state index contributed by atoms with van der Waals surface area (Å²) in [5, 5.41) is 3.74. The summed E-state index contributed by atoms with van der Waals surface area (Å²) in [6, 6.07) is 6.97. The van der Waals surface area contributed by atoms with Crippen LogP contribution in [-0.4, -0.2) is 13.2 Å². The van der Waals surface area contributed by atoms with Gasteiger partial charge in [-0.2, -0.15) is 0 Å². The Hall–Kier alpha value is -0.540. The second-order valence-corrected chi connectivity index (χ2v) is 7.20. The van der Waals surface area contributed by atoms with E-state index < -0.39 is 0 Å². The quantitative estimate of drug-likeness (QED) is 0.783. The van der Waals surface area contributed by atoms with Crippen LogP contribution < -0.4 is 10.1 Å². The summed E-state index contributed by atoms with van der Waals surface area (Å²) >= 11 is 3.76. The third-order valence-electron chi connectivity index (χ3n) is 5.15. The molecule has 0 saturated heterocycles. The first-order valence-electron chi connectivity index (χ1n) is 8.41. The molecule has 116 valence electrons. The average molecular weight is 352 g/mol. The highest BCUT2D eigenvalue weighted by atomic mass is 79.9. The Bertz CT molecular complexity index is 478. The van der Waals surface area contributed by atoms with E-state index in [0.29, 0.717) is 6.04 Å². The number of nitrogens with one attached hydrogen (secondary N) is 1. The summed E-state index contributed by atoms with van der Waals surface area (Å²) in [7, 11) is 0. The molecular weight excluding hydrogens is 326 g/mol. The number of benzene rings is 1. The van der Waals surface area contributed by atoms with Gasteiger partial charge in [0.05, 0.1) is 6.61 Å². The van der Waals surface area contributed by atoms with Crippen LogP contribution in [0.3, 0.4) is 0 Å². The molecular formula is C18H26BrNO. The van der Waals surface area contributed by atoms with Crippen molar-refractivity contribution in [2.75, 3.05) is 13.2 Å². The number of fused-ring (bicyclic) bond motifs is 1. The van der Waals surface area contributed by atoms with Gasteiger partial charge in [0.2, 0.25) is 0 Å². The molecule has 0 bridgehead atoms. The fourth-order valence-electron chi connectivity index (χ4n) is 4.23. The highest BCUT2D eigenvalue weighted by molar-refractivity contribution is 9.10. The van der Waals surface area contributed by atoms with E-state index in [1.54, 1.807) is 0 Å². The Labute approximate surface area is 136 Å². The van der Waals surface area contributed by atoms with Crippen molar-refractivity contribution in [3.63, 3.8) is 0 Å². The highest BCUT2D eigenvalue weighted by Crippen LogP contribution is 2.60. The zero-order chi connectivity index (χ0) is 14.8. The Balaban J connectivity index is 1.81. The van der Waals surface area contributed by atoms with Crippen molar-refractivity contribution in [1.82, 2.24) is 5.32 Å². The maximum Gasteiger partial charge on any atom is 0.120 e. The van der Waals surface area contributed by atoms with Crippen LogP contribution in [0.15, 0.2) is 22.7 Å². The molecule has 1 N–H and O–H groups in total. The summed E-state index contributed by atoms with van der Waals surface area (Å²) in [4.78, 5) is 0. The van der Waals surface area contributed by atoms with Crippen LogP contribution in [0, 0.1) is 17.8 Å². The fourth-order valence-corrected chi connectivity index (χ4v) is 4.84. The summed E-state index contributed by atoms with van der Waals surface area (Å²) in [6.07, 6.45) is 5.74. The first-order chi connectivity index (χ1) is 10.3. The maximum absolute atomic E-state index is 5.60. The molecule has 1 aromatic rings. The molecule has 2 saturated carbocycles. The number of rotatable bonds is 6. The Morgan fingerprint density at radius 1 is 1.24 bits per heavy atom. The van der Waals surface area contributed by atoms with Crippen molar-refractivity contribution in [1.29, 1.82) is 0 Å². The van der Waals surface area contributed by atoms with Gasteiger partial charge in [-0.25, -0.2) is 0 Å². The van der Waals surface area contributed by atoms with Crippen molar-refractivity contribution in [2.45, 2.75) is 45.6 Å². The largest absolute Gasteiger partial charge is 0.494 e. The first kappa shape index (κ1) is 15.4. The zero-order valence-electron chi connectivity index (χ0n) is 13.1. The number of hydrogen-bond donors (Lipinski definition) is 1. The van der Waals surface area contributed by atoms with Crippen LogP contribution in [0.4, 0.5) is 0 Å². The Morgan fingerprint density at radius 3 is 2.52 bits per heavy atom. The lowest BCUT2D eigenvalue weighted by Gasteiger charge is -2.21. The lowest BCUT2D eigenvalue weighted by molar-refractivity contribution is 0.339. The minimum absolute atomic E-state index is 0.494. The van der Waals surface area contributed by atoms with Crippen molar-refractivity contribution in [3.8, 4) is 5.75 Å². The second-order valence-electron chi connectivity index (χ2n) is 6.34. The van der Waals surface area contributed by atoms with Crippen LogP contribution in [-0.2, 0) is 0 Å². The molecule has 0 amide bonds. The fraction of sp³-hybridized carbons (Fsp3) is 0.667. The molecule has 3 unspecified atom stereocenters. The van der Waals surface area contributed by atoms with Crippen LogP contribution in [0.25, 0.3) is 0 Å². The lowest BCUT2D eigenvalue weighted by atomic mass is 9.99. The molecule has 3 atom stereocenters. The van der Waals surface area contributed by atoms with Gasteiger partial charge in [0.25, 0.3) is 0 Å². The Morgan fingerprint density at radius 2 is 1.95 bits per heavy atom. The summed E-state index contributed by atoms with van der Waals surface area (Å²) < 4.78 is 6.79. The molecule has 3 rings (SSSR count). The predicted molar refractivity (Wildman–Crippen MR) is 90.7 cm³/mol. The standard InChI is InChI=1S/C18H26BrNO/c1-3-20-18(17-13-7-5-6-8-14(13)17)15-10-9-12(21-4-2)11-16(15)19/h9-11,13-14,17-18,20H,3-8H2,1-2H3. The molecule has 2 aliphatic rings. The minimum atomic E-state index is 0.494. The van der Waals surface area contributed by atoms with Gasteiger partial charge >= 0.3 is 0 Å². The van der Waals surface area contributed by atoms with E-state index in [2.05, 4.69) is 46.4 Å². The molecule has 3 heteroatoms. The molecule has 2 aliphatic carbocycles. The third kappa shape index (κ3) is 3.14. The minimum Gasteiger partial charge on any atom is -0.494 e. The highest BCUT2D eigenvalue weighted by Gasteiger charge is 2.54.